The van der Waals surface area contributed by atoms with Gasteiger partial charge in [-0.3, -0.25) is 0 Å². The summed E-state index contributed by atoms with van der Waals surface area (Å²) in [5, 5.41) is 0. The molecule has 1 heterocycles. The van der Waals surface area contributed by atoms with Gasteiger partial charge in [-0.25, -0.2) is 8.42 Å². The molecule has 3 nitrogen and oxygen atoms in total. The molecule has 1 aliphatic heterocycles. The average Bonchev–Trinajstić information content (AvgIpc) is 3.03. The molecule has 1 aromatic rings. The molecule has 4 heteroatoms. The van der Waals surface area contributed by atoms with E-state index < -0.39 is 9.84 Å². The zero-order valence-corrected chi connectivity index (χ0v) is 11.7. The minimum atomic E-state index is -3.10. The highest BCUT2D eigenvalue weighted by molar-refractivity contribution is 7.91. The van der Waals surface area contributed by atoms with Crippen LogP contribution < -0.4 is 0 Å². The van der Waals surface area contributed by atoms with Crippen molar-refractivity contribution < 1.29 is 13.2 Å². The molecule has 2 unspecified atom stereocenters. The summed E-state index contributed by atoms with van der Waals surface area (Å²) in [6.07, 6.45) is 3.24. The van der Waals surface area contributed by atoms with Crippen LogP contribution in [0.1, 0.15) is 32.3 Å². The summed E-state index contributed by atoms with van der Waals surface area (Å²) in [5.74, 6) is 0.221. The number of hydrogen-bond donors (Lipinski definition) is 0. The molecule has 0 aliphatic carbocycles. The summed E-state index contributed by atoms with van der Waals surface area (Å²) in [6, 6.07) is 7.30. The third-order valence-corrected chi connectivity index (χ3v) is 5.20. The quantitative estimate of drug-likeness (QED) is 0.745. The summed E-state index contributed by atoms with van der Waals surface area (Å²) < 4.78 is 29.3. The Kier molecular flexibility index (Phi) is 4.07. The number of rotatable bonds is 6. The number of aryl methyl sites for hydroxylation is 1. The first-order chi connectivity index (χ1) is 8.53. The smallest absolute Gasteiger partial charge is 0.178 e. The van der Waals surface area contributed by atoms with Crippen molar-refractivity contribution in [1.29, 1.82) is 0 Å². The zero-order chi connectivity index (χ0) is 13.2. The number of epoxide rings is 1. The molecular formula is C14H20O3S. The summed E-state index contributed by atoms with van der Waals surface area (Å²) in [6.45, 7) is 3.94. The molecule has 0 saturated carbocycles. The topological polar surface area (TPSA) is 46.7 Å². The molecule has 0 amide bonds. The second kappa shape index (κ2) is 5.41. The Labute approximate surface area is 109 Å². The van der Waals surface area contributed by atoms with Crippen LogP contribution in [-0.2, 0) is 21.0 Å². The molecule has 18 heavy (non-hydrogen) atoms. The lowest BCUT2D eigenvalue weighted by Gasteiger charge is -2.05. The maximum absolute atomic E-state index is 12.0. The van der Waals surface area contributed by atoms with Crippen LogP contribution in [0, 0.1) is 0 Å². The maximum Gasteiger partial charge on any atom is 0.178 e. The van der Waals surface area contributed by atoms with Crippen LogP contribution in [0.5, 0.6) is 0 Å². The van der Waals surface area contributed by atoms with Crippen molar-refractivity contribution in [2.24, 2.45) is 0 Å². The van der Waals surface area contributed by atoms with E-state index in [1.54, 1.807) is 12.1 Å². The van der Waals surface area contributed by atoms with Crippen molar-refractivity contribution in [3.8, 4) is 0 Å². The van der Waals surface area contributed by atoms with E-state index >= 15 is 0 Å². The number of ether oxygens (including phenoxy) is 1. The highest BCUT2D eigenvalue weighted by Crippen LogP contribution is 2.26. The van der Waals surface area contributed by atoms with Gasteiger partial charge in [0, 0.05) is 0 Å². The Bertz CT molecular complexity index is 508. The highest BCUT2D eigenvalue weighted by atomic mass is 32.2. The van der Waals surface area contributed by atoms with E-state index in [-0.39, 0.29) is 5.75 Å². The van der Waals surface area contributed by atoms with Crippen molar-refractivity contribution >= 4 is 9.84 Å². The van der Waals surface area contributed by atoms with Gasteiger partial charge in [-0.05, 0) is 43.9 Å². The Morgan fingerprint density at radius 2 is 2.06 bits per heavy atom. The third kappa shape index (κ3) is 3.33. The van der Waals surface area contributed by atoms with Gasteiger partial charge >= 0.3 is 0 Å². The zero-order valence-electron chi connectivity index (χ0n) is 10.9. The van der Waals surface area contributed by atoms with Gasteiger partial charge in [0.25, 0.3) is 0 Å². The second-order valence-electron chi connectivity index (χ2n) is 4.88. The number of hydrogen-bond acceptors (Lipinski definition) is 3. The lowest BCUT2D eigenvalue weighted by atomic mass is 10.1. The minimum absolute atomic E-state index is 0.221. The summed E-state index contributed by atoms with van der Waals surface area (Å²) in [4.78, 5) is 0.451. The summed E-state index contributed by atoms with van der Waals surface area (Å²) in [7, 11) is -3.10. The molecule has 2 atom stereocenters. The van der Waals surface area contributed by atoms with Gasteiger partial charge in [0.05, 0.1) is 22.9 Å². The SMILES string of the molecule is CCCS(=O)(=O)c1cccc(CCC2OC2C)c1. The highest BCUT2D eigenvalue weighted by Gasteiger charge is 2.33. The number of benzene rings is 1. The van der Waals surface area contributed by atoms with Gasteiger partial charge < -0.3 is 4.74 Å². The van der Waals surface area contributed by atoms with Crippen LogP contribution in [0.3, 0.4) is 0 Å². The van der Waals surface area contributed by atoms with E-state index in [1.165, 1.54) is 0 Å². The third-order valence-electron chi connectivity index (χ3n) is 3.28. The first-order valence-electron chi connectivity index (χ1n) is 6.50. The molecular weight excluding hydrogens is 248 g/mol. The average molecular weight is 268 g/mol. The van der Waals surface area contributed by atoms with Gasteiger partial charge in [0.2, 0.25) is 0 Å². The first kappa shape index (κ1) is 13.6. The van der Waals surface area contributed by atoms with Crippen LogP contribution >= 0.6 is 0 Å². The van der Waals surface area contributed by atoms with Crippen LogP contribution in [-0.4, -0.2) is 26.4 Å². The predicted molar refractivity (Wildman–Crippen MR) is 71.4 cm³/mol. The molecule has 1 aromatic carbocycles. The molecule has 0 aromatic heterocycles. The minimum Gasteiger partial charge on any atom is -0.370 e. The molecule has 1 saturated heterocycles. The van der Waals surface area contributed by atoms with Crippen molar-refractivity contribution in [1.82, 2.24) is 0 Å². The Morgan fingerprint density at radius 3 is 2.67 bits per heavy atom. The van der Waals surface area contributed by atoms with Crippen LogP contribution in [0.25, 0.3) is 0 Å². The van der Waals surface area contributed by atoms with Gasteiger partial charge in [-0.1, -0.05) is 19.1 Å². The first-order valence-corrected chi connectivity index (χ1v) is 8.15. The van der Waals surface area contributed by atoms with Gasteiger partial charge in [-0.15, -0.1) is 0 Å². The van der Waals surface area contributed by atoms with E-state index in [2.05, 4.69) is 6.92 Å². The van der Waals surface area contributed by atoms with E-state index in [1.807, 2.05) is 19.1 Å². The van der Waals surface area contributed by atoms with E-state index in [9.17, 15) is 8.42 Å². The van der Waals surface area contributed by atoms with Crippen LogP contribution in [0.4, 0.5) is 0 Å². The van der Waals surface area contributed by atoms with Crippen molar-refractivity contribution in [2.45, 2.75) is 50.2 Å². The Morgan fingerprint density at radius 1 is 1.33 bits per heavy atom. The Balaban J connectivity index is 2.05. The molecule has 0 bridgehead atoms. The fraction of sp³-hybridized carbons (Fsp3) is 0.571. The lowest BCUT2D eigenvalue weighted by molar-refractivity contribution is 0.370. The van der Waals surface area contributed by atoms with Crippen molar-refractivity contribution in [2.75, 3.05) is 5.75 Å². The Hall–Kier alpha value is -0.870. The molecule has 0 radical (unpaired) electrons. The van der Waals surface area contributed by atoms with Crippen molar-refractivity contribution in [3.63, 3.8) is 0 Å². The fourth-order valence-electron chi connectivity index (χ4n) is 2.12. The predicted octanol–water partition coefficient (Wildman–Crippen LogP) is 2.59. The summed E-state index contributed by atoms with van der Waals surface area (Å²) in [5.41, 5.74) is 1.08. The fourth-order valence-corrected chi connectivity index (χ4v) is 3.51. The van der Waals surface area contributed by atoms with Crippen molar-refractivity contribution in [3.05, 3.63) is 29.8 Å². The molecule has 2 rings (SSSR count). The largest absolute Gasteiger partial charge is 0.370 e. The summed E-state index contributed by atoms with van der Waals surface area (Å²) >= 11 is 0. The number of sulfone groups is 1. The molecule has 1 aliphatic rings. The lowest BCUT2D eigenvalue weighted by Crippen LogP contribution is -2.06. The molecule has 100 valence electrons. The standard InChI is InChI=1S/C14H20O3S/c1-3-9-18(15,16)13-6-4-5-12(10-13)7-8-14-11(2)17-14/h4-6,10-11,14H,3,7-9H2,1-2H3. The van der Waals surface area contributed by atoms with E-state index in [4.69, 9.17) is 4.74 Å². The molecule has 0 spiro atoms. The maximum atomic E-state index is 12.0. The van der Waals surface area contributed by atoms with Crippen LogP contribution in [0.15, 0.2) is 29.2 Å². The monoisotopic (exact) mass is 268 g/mol. The molecule has 0 N–H and O–H groups in total. The molecule has 1 fully saturated rings. The normalized spacial score (nSPS) is 23.0. The van der Waals surface area contributed by atoms with E-state index in [0.717, 1.165) is 18.4 Å². The van der Waals surface area contributed by atoms with E-state index in [0.29, 0.717) is 23.5 Å². The second-order valence-corrected chi connectivity index (χ2v) is 6.99. The van der Waals surface area contributed by atoms with Gasteiger partial charge in [0.1, 0.15) is 0 Å². The van der Waals surface area contributed by atoms with Gasteiger partial charge in [-0.2, -0.15) is 0 Å². The van der Waals surface area contributed by atoms with Crippen LogP contribution in [0.2, 0.25) is 0 Å². The van der Waals surface area contributed by atoms with Gasteiger partial charge in [0.15, 0.2) is 9.84 Å².